The van der Waals surface area contributed by atoms with Gasteiger partial charge in [0.2, 0.25) is 11.4 Å². The Bertz CT molecular complexity index is 3480. The third-order valence-electron chi connectivity index (χ3n) is 21.6. The number of rotatable bonds is 8. The number of ether oxygens (including phenoxy) is 2. The number of fused-ring (bicyclic) bond motifs is 10. The number of hydrogen-bond donors (Lipinski definition) is 0. The summed E-state index contributed by atoms with van der Waals surface area (Å²) in [6, 6.07) is 50.0. The highest BCUT2D eigenvalue weighted by atomic mass is 17.2. The van der Waals surface area contributed by atoms with E-state index in [1.165, 1.54) is 66.3 Å². The Morgan fingerprint density at radius 3 is 1.26 bits per heavy atom. The standard InChI is InChI=1S/C79H90NO5/c1-74(2,3)48-77(10,11)56-25-27-59(28-26-56)83-60-39-69-63-23-17-15-21-61(63)65-35-57(75(4,5)6)37-67(78-41-50-29-51(42-78)31-52(30-50)43-78)71(65)84-85-72-66(36-58(76(7,8)9)38-68(72)79-44-53-32-54(45-79)34-55(33-53)46-79)62-22-16-18-24-64(62)70(40-60)80(69)73(81)82-47-49-19-13-12-14-20-49/h12-28,35-40,50-55H,29-34,41-48H2,1-11H3/q+1. The van der Waals surface area contributed by atoms with E-state index in [4.69, 9.17) is 19.2 Å². The smallest absolute Gasteiger partial charge is 0.457 e. The van der Waals surface area contributed by atoms with Crippen molar-refractivity contribution in [1.82, 2.24) is 0 Å². The van der Waals surface area contributed by atoms with Gasteiger partial charge in [0.05, 0.1) is 23.3 Å². The first-order valence-electron chi connectivity index (χ1n) is 32.5. The maximum absolute atomic E-state index is 16.0. The summed E-state index contributed by atoms with van der Waals surface area (Å²) in [5.41, 5.74) is 13.7. The van der Waals surface area contributed by atoms with E-state index >= 15 is 4.79 Å². The van der Waals surface area contributed by atoms with Gasteiger partial charge in [-0.15, -0.1) is 0 Å². The monoisotopic (exact) mass is 1130 g/mol. The number of carbonyl (C=O) groups excluding carboxylic acids is 1. The Labute approximate surface area is 507 Å². The molecule has 6 nitrogen and oxygen atoms in total. The number of nitrogens with zero attached hydrogens (tertiary/aromatic N) is 1. The van der Waals surface area contributed by atoms with Gasteiger partial charge in [0.1, 0.15) is 18.1 Å². The van der Waals surface area contributed by atoms with Crippen molar-refractivity contribution in [2.45, 2.75) is 193 Å². The fourth-order valence-corrected chi connectivity index (χ4v) is 18.9. The molecule has 85 heavy (non-hydrogen) atoms. The summed E-state index contributed by atoms with van der Waals surface area (Å²) in [5, 5.41) is 0. The third kappa shape index (κ3) is 10.4. The molecule has 1 aliphatic heterocycles. The number of pyridine rings is 1. The molecule has 0 spiro atoms. The number of hydrogen-bond acceptors (Lipinski definition) is 5. The van der Waals surface area contributed by atoms with E-state index in [2.05, 4.69) is 185 Å². The fraction of sp³-hybridized carbons (Fsp3) is 0.468. The Morgan fingerprint density at radius 1 is 0.459 bits per heavy atom. The van der Waals surface area contributed by atoms with E-state index in [1.54, 1.807) is 0 Å². The predicted octanol–water partition coefficient (Wildman–Crippen LogP) is 20.5. The molecule has 7 aromatic rings. The first kappa shape index (κ1) is 56.2. The normalized spacial score (nSPS) is 25.4. The summed E-state index contributed by atoms with van der Waals surface area (Å²) in [6.45, 7) is 25.8. The van der Waals surface area contributed by atoms with Gasteiger partial charge in [-0.3, -0.25) is 9.78 Å². The zero-order valence-corrected chi connectivity index (χ0v) is 52.6. The Hall–Kier alpha value is -6.66. The minimum absolute atomic E-state index is 0.0442. The molecule has 2 heterocycles. The molecule has 8 fully saturated rings. The van der Waals surface area contributed by atoms with E-state index in [0.29, 0.717) is 52.6 Å². The van der Waals surface area contributed by atoms with Crippen LogP contribution in [0, 0.1) is 40.9 Å². The van der Waals surface area contributed by atoms with E-state index in [1.807, 2.05) is 34.9 Å². The molecule has 16 rings (SSSR count). The molecule has 0 saturated heterocycles. The number of benzene rings is 6. The molecular formula is C79H90NO5+. The van der Waals surface area contributed by atoms with Crippen molar-refractivity contribution in [3.63, 3.8) is 0 Å². The highest BCUT2D eigenvalue weighted by Crippen LogP contribution is 2.65. The average molecular weight is 1130 g/mol. The average Bonchev–Trinajstić information content (AvgIpc) is 1.26. The zero-order valence-electron chi connectivity index (χ0n) is 52.6. The van der Waals surface area contributed by atoms with Crippen LogP contribution in [-0.2, 0) is 38.4 Å². The Kier molecular flexibility index (Phi) is 13.5. The van der Waals surface area contributed by atoms with E-state index in [9.17, 15) is 0 Å². The van der Waals surface area contributed by atoms with Crippen LogP contribution in [0.5, 0.6) is 23.0 Å². The van der Waals surface area contributed by atoms with Gasteiger partial charge in [-0.2, -0.15) is 4.79 Å². The molecule has 0 radical (unpaired) electrons. The predicted molar refractivity (Wildman–Crippen MR) is 342 cm³/mol. The van der Waals surface area contributed by atoms with Crippen molar-refractivity contribution < 1.29 is 28.6 Å². The first-order valence-corrected chi connectivity index (χ1v) is 32.5. The molecule has 0 N–H and O–H groups in total. The topological polar surface area (TPSA) is 57.9 Å². The van der Waals surface area contributed by atoms with Gasteiger partial charge in [-0.25, -0.2) is 0 Å². The second kappa shape index (κ2) is 20.5. The zero-order chi connectivity index (χ0) is 59.0. The molecule has 1 aromatic heterocycles. The fourth-order valence-electron chi connectivity index (χ4n) is 18.9. The summed E-state index contributed by atoms with van der Waals surface area (Å²) in [6.07, 6.45) is 15.5. The maximum atomic E-state index is 16.0. The maximum Gasteiger partial charge on any atom is 0.603 e. The molecule has 8 saturated carbocycles. The number of aromatic nitrogens is 1. The summed E-state index contributed by atoms with van der Waals surface area (Å²) in [5.74, 6) is 7.15. The summed E-state index contributed by atoms with van der Waals surface area (Å²) in [7, 11) is 0. The Morgan fingerprint density at radius 2 is 0.859 bits per heavy atom. The van der Waals surface area contributed by atoms with Gasteiger partial charge in [-0.1, -0.05) is 172 Å². The van der Waals surface area contributed by atoms with Crippen LogP contribution in [0.4, 0.5) is 4.79 Å². The highest BCUT2D eigenvalue weighted by Gasteiger charge is 2.55. The van der Waals surface area contributed by atoms with Crippen LogP contribution in [0.2, 0.25) is 0 Å². The molecule has 6 aromatic carbocycles. The lowest BCUT2D eigenvalue weighted by molar-refractivity contribution is -0.563. The minimum Gasteiger partial charge on any atom is -0.457 e. The molecule has 8 aliphatic carbocycles. The SMILES string of the molecule is CC(C)(C)CC(C)(C)c1ccc(Oc2cc3[n+](C(=O)OCc4ccccc4)c(c2)-c2ccccc2-c2cc(C(C)(C)C)cc(C45CC6CC(CC(C6)C4)C5)c2OOc2c(cc(C(C)(C)C)cc2C24CC5CC(CC(C5)C2)C4)-c2ccccc2-3)cc1. The largest absolute Gasteiger partial charge is 0.603 e. The summed E-state index contributed by atoms with van der Waals surface area (Å²) >= 11 is 0. The molecule has 440 valence electrons. The van der Waals surface area contributed by atoms with Gasteiger partial charge >= 0.3 is 6.09 Å². The van der Waals surface area contributed by atoms with Crippen LogP contribution in [0.3, 0.4) is 0 Å². The van der Waals surface area contributed by atoms with Crippen molar-refractivity contribution in [2.24, 2.45) is 40.9 Å². The number of carbonyl (C=O) groups is 1. The molecule has 0 unspecified atom stereocenters. The van der Waals surface area contributed by atoms with Crippen LogP contribution in [0.1, 0.15) is 193 Å². The quantitative estimate of drug-likeness (QED) is 0.112. The molecule has 0 amide bonds. The molecule has 10 bridgehead atoms. The lowest BCUT2D eigenvalue weighted by Gasteiger charge is -2.57. The second-order valence-electron chi connectivity index (χ2n) is 32.0. The molecular weight excluding hydrogens is 1040 g/mol. The Balaban J connectivity index is 1.08. The van der Waals surface area contributed by atoms with Crippen molar-refractivity contribution in [1.29, 1.82) is 0 Å². The van der Waals surface area contributed by atoms with Gasteiger partial charge in [0.15, 0.2) is 11.5 Å². The summed E-state index contributed by atoms with van der Waals surface area (Å²) < 4.78 is 15.7. The van der Waals surface area contributed by atoms with Crippen LogP contribution in [0.15, 0.2) is 140 Å². The second-order valence-corrected chi connectivity index (χ2v) is 32.0. The highest BCUT2D eigenvalue weighted by molar-refractivity contribution is 5.90. The van der Waals surface area contributed by atoms with Crippen molar-refractivity contribution in [3.8, 4) is 67.8 Å². The van der Waals surface area contributed by atoms with Gasteiger partial charge < -0.3 is 9.47 Å². The van der Waals surface area contributed by atoms with Crippen molar-refractivity contribution in [3.05, 3.63) is 173 Å². The molecule has 0 atom stereocenters. The lowest BCUT2D eigenvalue weighted by Crippen LogP contribution is -2.49. The van der Waals surface area contributed by atoms with E-state index in [-0.39, 0.29) is 39.1 Å². The van der Waals surface area contributed by atoms with Crippen LogP contribution >= 0.6 is 0 Å². The van der Waals surface area contributed by atoms with Crippen LogP contribution < -0.4 is 19.1 Å². The van der Waals surface area contributed by atoms with Crippen molar-refractivity contribution in [2.75, 3.05) is 0 Å². The molecule has 9 aliphatic rings. The molecule has 6 heteroatoms. The van der Waals surface area contributed by atoms with Crippen LogP contribution in [0.25, 0.3) is 44.8 Å². The first-order chi connectivity index (χ1) is 40.5. The van der Waals surface area contributed by atoms with Gasteiger partial charge in [0.25, 0.3) is 0 Å². The van der Waals surface area contributed by atoms with Gasteiger partial charge in [0, 0.05) is 22.3 Å². The van der Waals surface area contributed by atoms with E-state index < -0.39 is 6.09 Å². The lowest BCUT2D eigenvalue weighted by atomic mass is 9.47. The third-order valence-corrected chi connectivity index (χ3v) is 21.6. The van der Waals surface area contributed by atoms with Crippen molar-refractivity contribution >= 4 is 6.09 Å². The van der Waals surface area contributed by atoms with E-state index in [0.717, 1.165) is 101 Å². The van der Waals surface area contributed by atoms with Gasteiger partial charge in [-0.05, 0) is 221 Å². The van der Waals surface area contributed by atoms with Crippen LogP contribution in [-0.4, -0.2) is 6.09 Å². The minimum atomic E-state index is -0.478. The summed E-state index contributed by atoms with van der Waals surface area (Å²) in [4.78, 5) is 31.4.